The van der Waals surface area contributed by atoms with Gasteiger partial charge in [-0.25, -0.2) is 4.68 Å². The van der Waals surface area contributed by atoms with Crippen LogP contribution in [-0.2, 0) is 22.6 Å². The number of piperidine rings is 1. The minimum absolute atomic E-state index is 0.140. The van der Waals surface area contributed by atoms with Crippen LogP contribution in [0.4, 0.5) is 0 Å². The highest BCUT2D eigenvalue weighted by Gasteiger charge is 2.39. The number of nitrogens with zero attached hydrogens (tertiary/aromatic N) is 5. The molecule has 3 aliphatic heterocycles. The average molecular weight is 485 g/mol. The molecule has 0 saturated carbocycles. The minimum Gasteiger partial charge on any atom is -0.334 e. The second kappa shape index (κ2) is 8.71. The summed E-state index contributed by atoms with van der Waals surface area (Å²) in [6, 6.07) is 14.9. The molecule has 2 saturated heterocycles. The van der Waals surface area contributed by atoms with Crippen molar-refractivity contribution >= 4 is 23.6 Å². The van der Waals surface area contributed by atoms with Gasteiger partial charge in [-0.05, 0) is 42.5 Å². The normalized spacial score (nSPS) is 21.3. The summed E-state index contributed by atoms with van der Waals surface area (Å²) >= 11 is 0. The molecule has 6 rings (SSSR count). The summed E-state index contributed by atoms with van der Waals surface area (Å²) in [6.45, 7) is 0.992. The van der Waals surface area contributed by atoms with Crippen molar-refractivity contribution < 1.29 is 19.2 Å². The number of nitrogens with one attached hydrogen (secondary N) is 1. The fraction of sp³-hybridized carbons (Fsp3) is 0.308. The Labute approximate surface area is 206 Å². The van der Waals surface area contributed by atoms with Crippen molar-refractivity contribution in [1.82, 2.24) is 30.1 Å². The number of hydrogen-bond acceptors (Lipinski definition) is 6. The molecule has 0 spiro atoms. The lowest BCUT2D eigenvalue weighted by atomic mass is 9.95. The van der Waals surface area contributed by atoms with Crippen LogP contribution in [0.5, 0.6) is 0 Å². The van der Waals surface area contributed by atoms with Crippen LogP contribution in [0.15, 0.2) is 54.7 Å². The Hall–Kier alpha value is -4.34. The SMILES string of the molecule is O=C1CCC(N2Cc3ccc(-n4cc(C(=O)N5CCC5Cc5ccccc5)nn4)cc3C2=O)C(=O)N1. The van der Waals surface area contributed by atoms with E-state index in [1.54, 1.807) is 12.3 Å². The Kier molecular flexibility index (Phi) is 5.36. The largest absolute Gasteiger partial charge is 0.334 e. The second-order valence-electron chi connectivity index (χ2n) is 9.42. The first-order valence-corrected chi connectivity index (χ1v) is 12.0. The number of imide groups is 1. The molecule has 0 radical (unpaired) electrons. The number of aromatic nitrogens is 3. The highest BCUT2D eigenvalue weighted by molar-refractivity contribution is 6.05. The lowest BCUT2D eigenvalue weighted by Gasteiger charge is -2.40. The van der Waals surface area contributed by atoms with Crippen molar-refractivity contribution in [3.63, 3.8) is 0 Å². The van der Waals surface area contributed by atoms with Gasteiger partial charge in [-0.2, -0.15) is 0 Å². The van der Waals surface area contributed by atoms with Crippen LogP contribution < -0.4 is 5.32 Å². The van der Waals surface area contributed by atoms with Crippen molar-refractivity contribution in [2.24, 2.45) is 0 Å². The molecule has 10 heteroatoms. The summed E-state index contributed by atoms with van der Waals surface area (Å²) in [5.41, 5.74) is 3.33. The number of carbonyl (C=O) groups is 4. The summed E-state index contributed by atoms with van der Waals surface area (Å²) in [7, 11) is 0. The number of carbonyl (C=O) groups excluding carboxylic acids is 4. The van der Waals surface area contributed by atoms with Crippen LogP contribution in [0, 0.1) is 0 Å². The maximum atomic E-state index is 13.1. The molecule has 1 N–H and O–H groups in total. The van der Waals surface area contributed by atoms with Crippen LogP contribution in [0.25, 0.3) is 5.69 Å². The van der Waals surface area contributed by atoms with Crippen LogP contribution in [0.2, 0.25) is 0 Å². The smallest absolute Gasteiger partial charge is 0.276 e. The number of amides is 4. The van der Waals surface area contributed by atoms with Crippen LogP contribution in [0.1, 0.15) is 51.2 Å². The average Bonchev–Trinajstić information content (AvgIpc) is 3.48. The lowest BCUT2D eigenvalue weighted by Crippen LogP contribution is -2.52. The zero-order valence-corrected chi connectivity index (χ0v) is 19.5. The summed E-state index contributed by atoms with van der Waals surface area (Å²) in [6.07, 6.45) is 3.86. The predicted molar refractivity (Wildman–Crippen MR) is 127 cm³/mol. The Balaban J connectivity index is 1.17. The summed E-state index contributed by atoms with van der Waals surface area (Å²) in [4.78, 5) is 53.2. The highest BCUT2D eigenvalue weighted by Crippen LogP contribution is 2.29. The fourth-order valence-corrected chi connectivity index (χ4v) is 5.13. The molecule has 2 atom stereocenters. The van der Waals surface area contributed by atoms with Crippen LogP contribution >= 0.6 is 0 Å². The van der Waals surface area contributed by atoms with Crippen molar-refractivity contribution in [2.75, 3.05) is 6.54 Å². The van der Waals surface area contributed by atoms with Gasteiger partial charge < -0.3 is 9.80 Å². The van der Waals surface area contributed by atoms with E-state index in [-0.39, 0.29) is 35.9 Å². The molecule has 4 amide bonds. The predicted octanol–water partition coefficient (Wildman–Crippen LogP) is 1.49. The van der Waals surface area contributed by atoms with Gasteiger partial charge in [-0.1, -0.05) is 41.6 Å². The topological polar surface area (TPSA) is 118 Å². The molecule has 182 valence electrons. The molecule has 0 aliphatic carbocycles. The second-order valence-corrected chi connectivity index (χ2v) is 9.42. The molecule has 10 nitrogen and oxygen atoms in total. The van der Waals surface area contributed by atoms with E-state index in [2.05, 4.69) is 27.8 Å². The number of hydrogen-bond donors (Lipinski definition) is 1. The van der Waals surface area contributed by atoms with Gasteiger partial charge in [0.05, 0.1) is 11.9 Å². The van der Waals surface area contributed by atoms with Crippen LogP contribution in [0.3, 0.4) is 0 Å². The Morgan fingerprint density at radius 2 is 1.89 bits per heavy atom. The number of rotatable bonds is 5. The molecule has 36 heavy (non-hydrogen) atoms. The van der Waals surface area contributed by atoms with Crippen molar-refractivity contribution in [3.8, 4) is 5.69 Å². The van der Waals surface area contributed by atoms with Gasteiger partial charge in [0, 0.05) is 31.1 Å². The summed E-state index contributed by atoms with van der Waals surface area (Å²) in [5.74, 6) is -1.18. The van der Waals surface area contributed by atoms with Gasteiger partial charge in [-0.15, -0.1) is 5.10 Å². The highest BCUT2D eigenvalue weighted by atomic mass is 16.2. The van der Waals surface area contributed by atoms with Crippen molar-refractivity contribution in [3.05, 3.63) is 77.1 Å². The third-order valence-corrected chi connectivity index (χ3v) is 7.21. The summed E-state index contributed by atoms with van der Waals surface area (Å²) < 4.78 is 1.49. The first-order chi connectivity index (χ1) is 17.5. The first-order valence-electron chi connectivity index (χ1n) is 12.0. The third kappa shape index (κ3) is 3.84. The molecule has 4 heterocycles. The Bertz CT molecular complexity index is 1380. The van der Waals surface area contributed by atoms with E-state index >= 15 is 0 Å². The third-order valence-electron chi connectivity index (χ3n) is 7.21. The molecule has 0 bridgehead atoms. The monoisotopic (exact) mass is 484 g/mol. The van der Waals surface area contributed by atoms with Crippen molar-refractivity contribution in [2.45, 2.75) is 44.3 Å². The van der Waals surface area contributed by atoms with Gasteiger partial charge >= 0.3 is 0 Å². The zero-order chi connectivity index (χ0) is 24.8. The zero-order valence-electron chi connectivity index (χ0n) is 19.5. The van der Waals surface area contributed by atoms with E-state index in [4.69, 9.17) is 0 Å². The maximum Gasteiger partial charge on any atom is 0.276 e. The van der Waals surface area contributed by atoms with E-state index in [0.717, 1.165) is 18.4 Å². The molecule has 1 aromatic heterocycles. The maximum absolute atomic E-state index is 13.1. The number of benzene rings is 2. The fourth-order valence-electron chi connectivity index (χ4n) is 5.13. The summed E-state index contributed by atoms with van der Waals surface area (Å²) in [5, 5.41) is 10.5. The molecular formula is C26H24N6O4. The van der Waals surface area contributed by atoms with E-state index in [9.17, 15) is 19.2 Å². The van der Waals surface area contributed by atoms with Crippen molar-refractivity contribution in [1.29, 1.82) is 0 Å². The molecule has 3 aromatic rings. The van der Waals surface area contributed by atoms with Gasteiger partial charge in [-0.3, -0.25) is 24.5 Å². The van der Waals surface area contributed by atoms with E-state index < -0.39 is 11.9 Å². The quantitative estimate of drug-likeness (QED) is 0.549. The van der Waals surface area contributed by atoms with Crippen LogP contribution in [-0.4, -0.2) is 67.1 Å². The van der Waals surface area contributed by atoms with Gasteiger partial charge in [0.25, 0.3) is 11.8 Å². The first kappa shape index (κ1) is 22.1. The Morgan fingerprint density at radius 1 is 1.06 bits per heavy atom. The minimum atomic E-state index is -0.665. The Morgan fingerprint density at radius 3 is 2.64 bits per heavy atom. The number of fused-ring (bicyclic) bond motifs is 1. The van der Waals surface area contributed by atoms with Gasteiger partial charge in [0.2, 0.25) is 11.8 Å². The van der Waals surface area contributed by atoms with Gasteiger partial charge in [0.15, 0.2) is 5.69 Å². The van der Waals surface area contributed by atoms with E-state index in [0.29, 0.717) is 30.8 Å². The molecular weight excluding hydrogens is 460 g/mol. The molecule has 2 aromatic carbocycles. The van der Waals surface area contributed by atoms with E-state index in [1.165, 1.54) is 15.1 Å². The molecule has 2 unspecified atom stereocenters. The van der Waals surface area contributed by atoms with E-state index in [1.807, 2.05) is 35.2 Å². The number of likely N-dealkylation sites (tertiary alicyclic amines) is 1. The standard InChI is InChI=1S/C26H24N6O4/c33-23-9-8-22(24(34)27-23)31-14-17-6-7-19(13-20(17)25(31)35)32-15-21(28-29-32)26(36)30-11-10-18(30)12-16-4-2-1-3-5-16/h1-7,13,15,18,22H,8-12,14H2,(H,27,33,34). The van der Waals surface area contributed by atoms with Gasteiger partial charge in [0.1, 0.15) is 6.04 Å². The molecule has 3 aliphatic rings. The molecule has 2 fully saturated rings. The lowest BCUT2D eigenvalue weighted by molar-refractivity contribution is -0.136.